The van der Waals surface area contributed by atoms with Gasteiger partial charge in [-0.2, -0.15) is 4.28 Å². The first-order chi connectivity index (χ1) is 2.89. The van der Waals surface area contributed by atoms with E-state index in [0.717, 1.165) is 12.2 Å². The molecule has 6 heavy (non-hydrogen) atoms. The molecule has 0 aromatic carbocycles. The Morgan fingerprint density at radius 2 is 2.67 bits per heavy atom. The normalized spacial score (nSPS) is 19.7. The Morgan fingerprint density at radius 1 is 1.83 bits per heavy atom. The van der Waals surface area contributed by atoms with Crippen molar-refractivity contribution >= 4 is 18.3 Å². The van der Waals surface area contributed by atoms with Crippen LogP contribution >= 0.6 is 12.2 Å². The predicted octanol–water partition coefficient (Wildman–Crippen LogP) is -0.206. The number of urea groups is 1. The van der Waals surface area contributed by atoms with E-state index < -0.39 is 0 Å². The molecule has 0 radical (unpaired) electrons. The zero-order chi connectivity index (χ0) is 4.41. The van der Waals surface area contributed by atoms with Crippen LogP contribution in [0, 0.1) is 0 Å². The SMILES string of the molecule is O=C1NOSN1. The van der Waals surface area contributed by atoms with E-state index in [9.17, 15) is 4.79 Å². The zero-order valence-corrected chi connectivity index (χ0v) is 3.54. The lowest BCUT2D eigenvalue weighted by Gasteiger charge is -1.75. The quantitative estimate of drug-likeness (QED) is 0.332. The Bertz CT molecular complexity index is 65.9. The Morgan fingerprint density at radius 3 is 2.83 bits per heavy atom. The largest absolute Gasteiger partial charge is 0.351 e. The van der Waals surface area contributed by atoms with E-state index in [-0.39, 0.29) is 6.03 Å². The van der Waals surface area contributed by atoms with Gasteiger partial charge in [0.15, 0.2) is 0 Å². The molecule has 0 atom stereocenters. The first-order valence-electron chi connectivity index (χ1n) is 1.28. The standard InChI is InChI=1S/CH2N2O2S/c4-1-2-5-6-3-1/h(H2,2,3,4). The van der Waals surface area contributed by atoms with E-state index in [2.05, 4.69) is 9.01 Å². The van der Waals surface area contributed by atoms with E-state index in [4.69, 9.17) is 0 Å². The molecule has 1 aliphatic rings. The highest BCUT2D eigenvalue weighted by Crippen LogP contribution is 1.96. The fourth-order valence-corrected chi connectivity index (χ4v) is 0.415. The molecular formula is CH2N2O2S. The molecule has 0 aliphatic carbocycles. The summed E-state index contributed by atoms with van der Waals surface area (Å²) < 4.78 is 6.53. The minimum atomic E-state index is -0.306. The van der Waals surface area contributed by atoms with E-state index in [1.54, 1.807) is 0 Å². The van der Waals surface area contributed by atoms with E-state index in [1.807, 2.05) is 5.48 Å². The molecule has 0 aromatic heterocycles. The summed E-state index contributed by atoms with van der Waals surface area (Å²) in [7, 11) is 0. The Kier molecular flexibility index (Phi) is 0.849. The van der Waals surface area contributed by atoms with E-state index in [1.165, 1.54) is 0 Å². The van der Waals surface area contributed by atoms with Crippen LogP contribution in [-0.4, -0.2) is 6.03 Å². The van der Waals surface area contributed by atoms with Crippen molar-refractivity contribution in [3.05, 3.63) is 0 Å². The topological polar surface area (TPSA) is 50.4 Å². The molecule has 1 heterocycles. The number of carbonyl (C=O) groups excluding carboxylic acids is 1. The lowest BCUT2D eigenvalue weighted by molar-refractivity contribution is 0.214. The second-order valence-electron chi connectivity index (χ2n) is 0.700. The lowest BCUT2D eigenvalue weighted by atomic mass is 11.2. The van der Waals surface area contributed by atoms with Gasteiger partial charge < -0.3 is 0 Å². The van der Waals surface area contributed by atoms with Gasteiger partial charge in [-0.1, -0.05) is 0 Å². The van der Waals surface area contributed by atoms with Gasteiger partial charge in [0.2, 0.25) is 0 Å². The van der Waals surface area contributed by atoms with Gasteiger partial charge in [0.1, 0.15) is 12.2 Å². The van der Waals surface area contributed by atoms with Crippen LogP contribution in [0.2, 0.25) is 0 Å². The van der Waals surface area contributed by atoms with Crippen LogP contribution in [-0.2, 0) is 4.28 Å². The van der Waals surface area contributed by atoms with Gasteiger partial charge in [-0.3, -0.25) is 4.72 Å². The Balaban J connectivity index is 2.37. The summed E-state index contributed by atoms with van der Waals surface area (Å²) in [4.78, 5) is 9.88. The molecule has 1 saturated heterocycles. The number of rotatable bonds is 0. The molecule has 0 unspecified atom stereocenters. The third-order valence-corrected chi connectivity index (χ3v) is 0.746. The number of nitrogens with one attached hydrogen (secondary N) is 2. The molecule has 4 nitrogen and oxygen atoms in total. The minimum Gasteiger partial charge on any atom is -0.255 e. The highest BCUT2D eigenvalue weighted by molar-refractivity contribution is 7.93. The van der Waals surface area contributed by atoms with Crippen LogP contribution in [0.15, 0.2) is 0 Å². The van der Waals surface area contributed by atoms with Crippen molar-refractivity contribution in [1.82, 2.24) is 10.2 Å². The maximum atomic E-state index is 9.88. The summed E-state index contributed by atoms with van der Waals surface area (Å²) in [5.41, 5.74) is 2.03. The van der Waals surface area contributed by atoms with E-state index in [0.29, 0.717) is 0 Å². The monoisotopic (exact) mass is 106 g/mol. The molecule has 0 bridgehead atoms. The highest BCUT2D eigenvalue weighted by Gasteiger charge is 2.06. The second kappa shape index (κ2) is 1.36. The highest BCUT2D eigenvalue weighted by atomic mass is 32.2. The molecular weight excluding hydrogens is 104 g/mol. The van der Waals surface area contributed by atoms with Crippen molar-refractivity contribution in [1.29, 1.82) is 0 Å². The maximum absolute atomic E-state index is 9.88. The third kappa shape index (κ3) is 0.550. The average molecular weight is 106 g/mol. The van der Waals surface area contributed by atoms with Gasteiger partial charge in [0, 0.05) is 0 Å². The van der Waals surface area contributed by atoms with Crippen molar-refractivity contribution in [3.63, 3.8) is 0 Å². The van der Waals surface area contributed by atoms with Crippen molar-refractivity contribution < 1.29 is 9.08 Å². The maximum Gasteiger partial charge on any atom is 0.351 e. The molecule has 0 spiro atoms. The predicted molar refractivity (Wildman–Crippen MR) is 20.3 cm³/mol. The van der Waals surface area contributed by atoms with Crippen LogP contribution < -0.4 is 10.2 Å². The first-order valence-corrected chi connectivity index (χ1v) is 2.02. The van der Waals surface area contributed by atoms with Crippen molar-refractivity contribution in [2.75, 3.05) is 0 Å². The summed E-state index contributed by atoms with van der Waals surface area (Å²) in [5.74, 6) is 0. The molecule has 0 aromatic rings. The number of amides is 2. The van der Waals surface area contributed by atoms with Crippen LogP contribution in [0.5, 0.6) is 0 Å². The molecule has 34 valence electrons. The minimum absolute atomic E-state index is 0.306. The summed E-state index contributed by atoms with van der Waals surface area (Å²) in [6.07, 6.45) is 0. The average Bonchev–Trinajstić information content (AvgIpc) is 1.86. The van der Waals surface area contributed by atoms with Gasteiger partial charge in [0.05, 0.1) is 0 Å². The third-order valence-electron chi connectivity index (χ3n) is 0.310. The molecule has 1 aliphatic heterocycles. The molecule has 1 rings (SSSR count). The molecule has 2 amide bonds. The van der Waals surface area contributed by atoms with Crippen molar-refractivity contribution in [2.24, 2.45) is 0 Å². The number of hydroxylamine groups is 1. The summed E-state index contributed by atoms with van der Waals surface area (Å²) in [6.45, 7) is 0. The molecule has 5 heteroatoms. The van der Waals surface area contributed by atoms with Crippen molar-refractivity contribution in [3.8, 4) is 0 Å². The van der Waals surface area contributed by atoms with Gasteiger partial charge in [0.25, 0.3) is 0 Å². The van der Waals surface area contributed by atoms with Crippen LogP contribution in [0.4, 0.5) is 4.79 Å². The summed E-state index contributed by atoms with van der Waals surface area (Å²) in [5, 5.41) is 0. The van der Waals surface area contributed by atoms with Crippen molar-refractivity contribution in [2.45, 2.75) is 0 Å². The molecule has 1 fully saturated rings. The Hall–Kier alpha value is -0.420. The fourth-order valence-electron chi connectivity index (χ4n) is 0.138. The zero-order valence-electron chi connectivity index (χ0n) is 2.72. The fraction of sp³-hybridized carbons (Fsp3) is 0. The van der Waals surface area contributed by atoms with Gasteiger partial charge in [-0.15, -0.1) is 0 Å². The smallest absolute Gasteiger partial charge is 0.255 e. The van der Waals surface area contributed by atoms with Crippen LogP contribution in [0.3, 0.4) is 0 Å². The van der Waals surface area contributed by atoms with Crippen LogP contribution in [0.1, 0.15) is 0 Å². The Labute approximate surface area is 38.5 Å². The first kappa shape index (κ1) is 3.76. The van der Waals surface area contributed by atoms with E-state index >= 15 is 0 Å². The molecule has 2 N–H and O–H groups in total. The number of hydrogen-bond acceptors (Lipinski definition) is 3. The number of hydrogen-bond donors (Lipinski definition) is 2. The van der Waals surface area contributed by atoms with Gasteiger partial charge in [-0.25, -0.2) is 10.3 Å². The van der Waals surface area contributed by atoms with Crippen LogP contribution in [0.25, 0.3) is 0 Å². The van der Waals surface area contributed by atoms with Gasteiger partial charge in [-0.05, 0) is 0 Å². The second-order valence-corrected chi connectivity index (χ2v) is 1.24. The molecule has 0 saturated carbocycles. The number of carbonyl (C=O) groups is 1. The summed E-state index contributed by atoms with van der Waals surface area (Å²) >= 11 is 0.872. The van der Waals surface area contributed by atoms with Gasteiger partial charge >= 0.3 is 6.03 Å². The lowest BCUT2D eigenvalue weighted by Crippen LogP contribution is -2.18. The summed E-state index contributed by atoms with van der Waals surface area (Å²) in [6, 6.07) is -0.306.